The molecule has 0 heterocycles. The summed E-state index contributed by atoms with van der Waals surface area (Å²) < 4.78 is 17.1. The lowest BCUT2D eigenvalue weighted by molar-refractivity contribution is -0.887. The molecule has 0 aromatic carbocycles. The van der Waals surface area contributed by atoms with E-state index in [2.05, 4.69) is 44.2 Å². The Morgan fingerprint density at radius 1 is 0.585 bits per heavy atom. The minimum Gasteiger partial charge on any atom is -0.477 e. The van der Waals surface area contributed by atoms with Gasteiger partial charge < -0.3 is 23.8 Å². The van der Waals surface area contributed by atoms with Gasteiger partial charge in [-0.3, -0.25) is 9.59 Å². The highest BCUT2D eigenvalue weighted by molar-refractivity contribution is 5.72. The van der Waals surface area contributed by atoms with E-state index in [1.54, 1.807) is 0 Å². The molecule has 0 aliphatic rings. The topological polar surface area (TPSA) is 99.1 Å². The Morgan fingerprint density at radius 2 is 1.08 bits per heavy atom. The third-order valence-corrected chi connectivity index (χ3v) is 8.43. The largest absolute Gasteiger partial charge is 0.477 e. The Labute approximate surface area is 323 Å². The molecule has 0 amide bonds. The van der Waals surface area contributed by atoms with Crippen molar-refractivity contribution in [2.75, 3.05) is 41.0 Å². The van der Waals surface area contributed by atoms with E-state index < -0.39 is 18.1 Å². The van der Waals surface area contributed by atoms with Crippen LogP contribution in [0.2, 0.25) is 0 Å². The van der Waals surface area contributed by atoms with E-state index in [1.807, 2.05) is 75.8 Å². The number of rotatable bonds is 34. The van der Waals surface area contributed by atoms with E-state index in [4.69, 9.17) is 14.2 Å². The van der Waals surface area contributed by atoms with Gasteiger partial charge in [-0.1, -0.05) is 144 Å². The second kappa shape index (κ2) is 35.5. The molecule has 0 spiro atoms. The zero-order valence-electron chi connectivity index (χ0n) is 33.9. The van der Waals surface area contributed by atoms with Gasteiger partial charge in [-0.05, 0) is 51.4 Å². The summed E-state index contributed by atoms with van der Waals surface area (Å²) in [6.45, 7) is 4.45. The van der Waals surface area contributed by atoms with Gasteiger partial charge in [-0.2, -0.15) is 0 Å². The minimum atomic E-state index is -0.895. The second-order valence-corrected chi connectivity index (χ2v) is 14.3. The van der Waals surface area contributed by atoms with Crippen LogP contribution in [0, 0.1) is 0 Å². The van der Waals surface area contributed by atoms with Gasteiger partial charge >= 0.3 is 17.9 Å². The number of allylic oxidation sites excluding steroid dienone is 14. The summed E-state index contributed by atoms with van der Waals surface area (Å²) in [6.07, 6.45) is 45.0. The van der Waals surface area contributed by atoms with Crippen molar-refractivity contribution in [1.29, 1.82) is 0 Å². The molecular weight excluding hydrogens is 666 g/mol. The number of hydrogen-bond donors (Lipinski definition) is 1. The van der Waals surface area contributed by atoms with Crippen molar-refractivity contribution >= 4 is 17.9 Å². The maximum atomic E-state index is 12.6. The Bertz CT molecular complexity index is 1140. The SMILES string of the molecule is CC/C=C/C=C/C=C/C=C/C=C/CCCC(=O)OC(COCCC(C(=O)O)[N+](C)(C)C)COC(=O)CCCCC/C=C/C=C/CCCCCCCCC. The van der Waals surface area contributed by atoms with Crippen LogP contribution in [0.3, 0.4) is 0 Å². The molecule has 0 saturated heterocycles. The number of nitrogens with zero attached hydrogens (tertiary/aromatic N) is 1. The fraction of sp³-hybridized carbons (Fsp3) is 0.622. The lowest BCUT2D eigenvalue weighted by Crippen LogP contribution is -2.50. The smallest absolute Gasteiger partial charge is 0.362 e. The van der Waals surface area contributed by atoms with Gasteiger partial charge in [0.2, 0.25) is 0 Å². The van der Waals surface area contributed by atoms with Crippen LogP contribution < -0.4 is 0 Å². The minimum absolute atomic E-state index is 0.0185. The molecular formula is C45H74NO7+. The van der Waals surface area contributed by atoms with E-state index in [-0.39, 0.29) is 42.7 Å². The highest BCUT2D eigenvalue weighted by Crippen LogP contribution is 2.11. The van der Waals surface area contributed by atoms with E-state index in [0.717, 1.165) is 38.5 Å². The summed E-state index contributed by atoms with van der Waals surface area (Å²) >= 11 is 0. The molecule has 0 saturated carbocycles. The van der Waals surface area contributed by atoms with Crippen LogP contribution in [0.25, 0.3) is 0 Å². The molecule has 300 valence electrons. The first-order chi connectivity index (χ1) is 25.6. The van der Waals surface area contributed by atoms with Crippen LogP contribution >= 0.6 is 0 Å². The number of quaternary nitrogens is 1. The lowest BCUT2D eigenvalue weighted by atomic mass is 10.1. The second-order valence-electron chi connectivity index (χ2n) is 14.3. The highest BCUT2D eigenvalue weighted by Gasteiger charge is 2.31. The van der Waals surface area contributed by atoms with Gasteiger partial charge in [0, 0.05) is 19.3 Å². The normalized spacial score (nSPS) is 13.9. The average molecular weight is 741 g/mol. The highest BCUT2D eigenvalue weighted by atomic mass is 16.6. The third-order valence-electron chi connectivity index (χ3n) is 8.43. The molecule has 2 unspecified atom stereocenters. The zero-order valence-corrected chi connectivity index (χ0v) is 33.9. The van der Waals surface area contributed by atoms with Crippen molar-refractivity contribution in [1.82, 2.24) is 0 Å². The van der Waals surface area contributed by atoms with Crippen LogP contribution in [-0.2, 0) is 28.6 Å². The van der Waals surface area contributed by atoms with E-state index >= 15 is 0 Å². The molecule has 0 aromatic heterocycles. The summed E-state index contributed by atoms with van der Waals surface area (Å²) in [6, 6.07) is -0.635. The summed E-state index contributed by atoms with van der Waals surface area (Å²) in [5.74, 6) is -1.61. The molecule has 0 aliphatic heterocycles. The molecule has 0 bridgehead atoms. The number of unbranched alkanes of at least 4 members (excludes halogenated alkanes) is 11. The van der Waals surface area contributed by atoms with Crippen LogP contribution in [0.1, 0.15) is 129 Å². The van der Waals surface area contributed by atoms with Gasteiger partial charge in [0.25, 0.3) is 0 Å². The first-order valence-corrected chi connectivity index (χ1v) is 20.2. The van der Waals surface area contributed by atoms with E-state index in [1.165, 1.54) is 44.9 Å². The number of aliphatic carboxylic acids is 1. The molecule has 8 nitrogen and oxygen atoms in total. The molecule has 2 atom stereocenters. The third kappa shape index (κ3) is 34.1. The fourth-order valence-corrected chi connectivity index (χ4v) is 5.29. The molecule has 8 heteroatoms. The lowest BCUT2D eigenvalue weighted by Gasteiger charge is -2.31. The van der Waals surface area contributed by atoms with Gasteiger partial charge in [0.1, 0.15) is 6.61 Å². The van der Waals surface area contributed by atoms with Crippen molar-refractivity contribution < 1.29 is 38.2 Å². The predicted octanol–water partition coefficient (Wildman–Crippen LogP) is 10.6. The standard InChI is InChI=1S/C45H73NO7/c1-6-8-10-12-14-16-18-20-21-22-24-25-27-29-31-33-35-43(47)52-40-41(39-51-38-37-42(45(49)50)46(3,4)5)53-44(48)36-34-32-30-28-26-23-19-17-15-13-11-9-7-2/h9,11,13,15,17,19,21-26,28,30,41-42H,6-8,10,12,14,16,18,20,27,29,31-40H2,1-5H3/p+1/b11-9+,15-13+,19-17+,22-21+,25-24+,26-23+,30-28+. The molecule has 0 radical (unpaired) electrons. The number of carbonyl (C=O) groups excluding carboxylic acids is 2. The van der Waals surface area contributed by atoms with E-state index in [9.17, 15) is 19.5 Å². The molecule has 1 N–H and O–H groups in total. The van der Waals surface area contributed by atoms with Gasteiger partial charge in [-0.15, -0.1) is 0 Å². The van der Waals surface area contributed by atoms with Crippen molar-refractivity contribution in [3.8, 4) is 0 Å². The first-order valence-electron chi connectivity index (χ1n) is 20.2. The molecule has 0 aromatic rings. The number of ether oxygens (including phenoxy) is 3. The molecule has 53 heavy (non-hydrogen) atoms. The number of carboxylic acid groups (broad SMARTS) is 1. The average Bonchev–Trinajstić information content (AvgIpc) is 3.11. The molecule has 0 fully saturated rings. The van der Waals surface area contributed by atoms with Gasteiger partial charge in [0.15, 0.2) is 12.1 Å². The van der Waals surface area contributed by atoms with Gasteiger partial charge in [-0.25, -0.2) is 4.79 Å². The zero-order chi connectivity index (χ0) is 39.3. The molecule has 0 aliphatic carbocycles. The summed E-state index contributed by atoms with van der Waals surface area (Å²) in [4.78, 5) is 36.8. The molecule has 0 rings (SSSR count). The van der Waals surface area contributed by atoms with Crippen LogP contribution in [0.15, 0.2) is 85.1 Å². The Kier molecular flexibility index (Phi) is 33.2. The Morgan fingerprint density at radius 3 is 1.64 bits per heavy atom. The summed E-state index contributed by atoms with van der Waals surface area (Å²) in [5.41, 5.74) is 0. The number of carbonyl (C=O) groups is 3. The maximum absolute atomic E-state index is 12.6. The van der Waals surface area contributed by atoms with E-state index in [0.29, 0.717) is 25.7 Å². The van der Waals surface area contributed by atoms with Gasteiger partial charge in [0.05, 0.1) is 34.4 Å². The quantitative estimate of drug-likeness (QED) is 0.0303. The predicted molar refractivity (Wildman–Crippen MR) is 220 cm³/mol. The fourth-order valence-electron chi connectivity index (χ4n) is 5.29. The Balaban J connectivity index is 4.56. The van der Waals surface area contributed by atoms with Crippen molar-refractivity contribution in [3.05, 3.63) is 85.1 Å². The number of hydrogen-bond acceptors (Lipinski definition) is 6. The number of likely N-dealkylation sites (N-methyl/N-ethyl adjacent to an activating group) is 1. The summed E-state index contributed by atoms with van der Waals surface area (Å²) in [5, 5.41) is 9.59. The van der Waals surface area contributed by atoms with Crippen molar-refractivity contribution in [2.24, 2.45) is 0 Å². The van der Waals surface area contributed by atoms with Crippen molar-refractivity contribution in [3.63, 3.8) is 0 Å². The Hall–Kier alpha value is -3.49. The monoisotopic (exact) mass is 741 g/mol. The first kappa shape index (κ1) is 49.5. The van der Waals surface area contributed by atoms with Crippen LogP contribution in [-0.4, -0.2) is 80.6 Å². The number of esters is 2. The summed E-state index contributed by atoms with van der Waals surface area (Å²) in [7, 11) is 5.47. The number of carboxylic acids is 1. The van der Waals surface area contributed by atoms with Crippen LogP contribution in [0.5, 0.6) is 0 Å². The maximum Gasteiger partial charge on any atom is 0.362 e. The van der Waals surface area contributed by atoms with Crippen molar-refractivity contribution in [2.45, 2.75) is 142 Å². The van der Waals surface area contributed by atoms with Crippen LogP contribution in [0.4, 0.5) is 0 Å².